The van der Waals surface area contributed by atoms with E-state index in [1.165, 1.54) is 0 Å². The molecule has 0 aliphatic rings. The summed E-state index contributed by atoms with van der Waals surface area (Å²) in [6, 6.07) is 0. The first-order valence-corrected chi connectivity index (χ1v) is 3.36. The van der Waals surface area contributed by atoms with Crippen LogP contribution in [0.1, 0.15) is 6.92 Å². The van der Waals surface area contributed by atoms with E-state index in [0.29, 0.717) is 0 Å². The summed E-state index contributed by atoms with van der Waals surface area (Å²) in [4.78, 5) is 0. The molecule has 7 heavy (non-hydrogen) atoms. The van der Waals surface area contributed by atoms with Crippen molar-refractivity contribution in [1.29, 1.82) is 0 Å². The third kappa shape index (κ3) is 6.10. The zero-order valence-corrected chi connectivity index (χ0v) is 6.16. The van der Waals surface area contributed by atoms with Crippen molar-refractivity contribution < 1.29 is 18.3 Å². The van der Waals surface area contributed by atoms with Crippen LogP contribution < -0.4 is 0 Å². The van der Waals surface area contributed by atoms with Crippen LogP contribution in [-0.2, 0) is 18.3 Å². The van der Waals surface area contributed by atoms with Crippen LogP contribution >= 0.6 is 0 Å². The van der Waals surface area contributed by atoms with Crippen molar-refractivity contribution in [1.82, 2.24) is 0 Å². The Kier molecular flexibility index (Phi) is 4.33. The normalized spacial score (nSPS) is 10.0. The van der Waals surface area contributed by atoms with E-state index in [4.69, 9.17) is 0 Å². The molecule has 41 valence electrons. The molecule has 0 saturated heterocycles. The summed E-state index contributed by atoms with van der Waals surface area (Å²) in [5, 5.41) is 1.03. The van der Waals surface area contributed by atoms with Gasteiger partial charge in [0, 0.05) is 0 Å². The summed E-state index contributed by atoms with van der Waals surface area (Å²) in [6.07, 6.45) is 4.08. The Balaban J connectivity index is 3.26. The van der Waals surface area contributed by atoms with Gasteiger partial charge in [-0.3, -0.25) is 0 Å². The molecular weight excluding hydrogens is 173 g/mol. The third-order valence-corrected chi connectivity index (χ3v) is 0.895. The Morgan fingerprint density at radius 1 is 1.86 bits per heavy atom. The molecule has 0 aliphatic heterocycles. The third-order valence-electron chi connectivity index (χ3n) is 0.486. The Morgan fingerprint density at radius 3 is 2.57 bits per heavy atom. The molecule has 0 fully saturated rings. The predicted molar refractivity (Wildman–Crippen MR) is 28.8 cm³/mol. The van der Waals surface area contributed by atoms with E-state index in [9.17, 15) is 0 Å². The fourth-order valence-electron chi connectivity index (χ4n) is 0.243. The van der Waals surface area contributed by atoms with Gasteiger partial charge >= 0.3 is 54.5 Å². The quantitative estimate of drug-likeness (QED) is 0.453. The molecule has 0 heterocycles. The monoisotopic (exact) mass is 183 g/mol. The molecule has 0 saturated carbocycles. The topological polar surface area (TPSA) is 0 Å². The van der Waals surface area contributed by atoms with Crippen LogP contribution in [0.25, 0.3) is 0 Å². The summed E-state index contributed by atoms with van der Waals surface area (Å²) >= 11 is 2.54. The molecule has 0 atom stereocenters. The number of allylic oxidation sites excluding steroid dienone is 3. The zero-order chi connectivity index (χ0) is 5.70. The zero-order valence-electron chi connectivity index (χ0n) is 4.42. The van der Waals surface area contributed by atoms with E-state index in [2.05, 4.69) is 31.0 Å². The molecule has 1 heteroatoms. The second-order valence-corrected chi connectivity index (χ2v) is 2.10. The molecule has 0 N–H and O–H groups in total. The van der Waals surface area contributed by atoms with Gasteiger partial charge in [0.05, 0.1) is 0 Å². The van der Waals surface area contributed by atoms with E-state index in [0.717, 1.165) is 10.6 Å². The van der Waals surface area contributed by atoms with Gasteiger partial charge in [0.2, 0.25) is 0 Å². The maximum atomic E-state index is 3.70. The average Bonchev–Trinajstić information content (AvgIpc) is 1.61. The van der Waals surface area contributed by atoms with E-state index in [-0.39, 0.29) is 0 Å². The number of hydrogen-bond donors (Lipinski definition) is 0. The van der Waals surface area contributed by atoms with Crippen LogP contribution in [0.2, 0.25) is 5.02 Å². The molecule has 0 aliphatic carbocycles. The standard InChI is InChI=1S/C6H9.Ru/c1-4-5-6(2)3;/h4-5H,1-2H2,3H3;. The molecular formula is C6H9Ru. The van der Waals surface area contributed by atoms with Gasteiger partial charge in [-0.2, -0.15) is 0 Å². The van der Waals surface area contributed by atoms with Gasteiger partial charge in [0.15, 0.2) is 0 Å². The number of rotatable bonds is 2. The Labute approximate surface area is 55.0 Å². The maximum absolute atomic E-state index is 3.70. The first kappa shape index (κ1) is 7.10. The van der Waals surface area contributed by atoms with Gasteiger partial charge in [-0.15, -0.1) is 0 Å². The van der Waals surface area contributed by atoms with Crippen molar-refractivity contribution in [3.63, 3.8) is 0 Å². The molecule has 0 unspecified atom stereocenters. The Bertz CT molecular complexity index is 82.2. The minimum atomic E-state index is 1.03. The second kappa shape index (κ2) is 4.27. The summed E-state index contributed by atoms with van der Waals surface area (Å²) < 4.78 is 0. The van der Waals surface area contributed by atoms with Crippen molar-refractivity contribution in [3.05, 3.63) is 24.3 Å². The molecule has 0 aromatic heterocycles. The van der Waals surface area contributed by atoms with Crippen molar-refractivity contribution in [2.75, 3.05) is 0 Å². The molecule has 0 aromatic rings. The van der Waals surface area contributed by atoms with E-state index >= 15 is 0 Å². The summed E-state index contributed by atoms with van der Waals surface area (Å²) in [6.45, 7) is 5.68. The van der Waals surface area contributed by atoms with Gasteiger partial charge in [-0.25, -0.2) is 0 Å². The molecule has 0 aromatic carbocycles. The fourth-order valence-corrected chi connectivity index (χ4v) is 0.448. The van der Waals surface area contributed by atoms with Crippen LogP contribution in [0.4, 0.5) is 0 Å². The predicted octanol–water partition coefficient (Wildman–Crippen LogP) is 2.08. The van der Waals surface area contributed by atoms with E-state index < -0.39 is 0 Å². The van der Waals surface area contributed by atoms with Crippen molar-refractivity contribution >= 4 is 0 Å². The van der Waals surface area contributed by atoms with E-state index in [1.807, 2.05) is 13.0 Å². The van der Waals surface area contributed by atoms with Crippen LogP contribution in [-0.4, -0.2) is 0 Å². The van der Waals surface area contributed by atoms with Crippen molar-refractivity contribution in [2.45, 2.75) is 11.9 Å². The van der Waals surface area contributed by atoms with Gasteiger partial charge in [0.25, 0.3) is 0 Å². The van der Waals surface area contributed by atoms with Gasteiger partial charge < -0.3 is 0 Å². The molecule has 0 amide bonds. The summed E-state index contributed by atoms with van der Waals surface area (Å²) in [7, 11) is 0. The van der Waals surface area contributed by atoms with Crippen LogP contribution in [0, 0.1) is 0 Å². The van der Waals surface area contributed by atoms with E-state index in [1.54, 1.807) is 0 Å². The second-order valence-electron chi connectivity index (χ2n) is 1.39. The first-order valence-electron chi connectivity index (χ1n) is 2.13. The van der Waals surface area contributed by atoms with Crippen LogP contribution in [0.3, 0.4) is 0 Å². The van der Waals surface area contributed by atoms with Crippen molar-refractivity contribution in [3.8, 4) is 0 Å². The summed E-state index contributed by atoms with van der Waals surface area (Å²) in [5.74, 6) is 0. The Hall–Kier alpha value is 0.103. The Morgan fingerprint density at radius 2 is 2.43 bits per heavy atom. The molecule has 0 spiro atoms. The SMILES string of the molecule is C=C(C)C=C[CH2][Ru]. The first-order chi connectivity index (χ1) is 3.27. The van der Waals surface area contributed by atoms with Crippen LogP contribution in [0.5, 0.6) is 0 Å². The number of hydrogen-bond acceptors (Lipinski definition) is 0. The minimum absolute atomic E-state index is 1.03. The molecule has 0 nitrogen and oxygen atoms in total. The summed E-state index contributed by atoms with van der Waals surface area (Å²) in [5.41, 5.74) is 1.12. The van der Waals surface area contributed by atoms with Crippen LogP contribution in [0.15, 0.2) is 24.3 Å². The molecule has 0 bridgehead atoms. The van der Waals surface area contributed by atoms with Crippen molar-refractivity contribution in [2.24, 2.45) is 0 Å². The fraction of sp³-hybridized carbons (Fsp3) is 0.333. The van der Waals surface area contributed by atoms with Gasteiger partial charge in [-0.05, 0) is 0 Å². The molecule has 0 radical (unpaired) electrons. The van der Waals surface area contributed by atoms with Gasteiger partial charge in [-0.1, -0.05) is 0 Å². The average molecular weight is 182 g/mol. The van der Waals surface area contributed by atoms with Gasteiger partial charge in [0.1, 0.15) is 0 Å². The molecule has 0 rings (SSSR count).